The largest absolute Gasteiger partial charge is 0.482 e. The summed E-state index contributed by atoms with van der Waals surface area (Å²) in [5.74, 6) is -0.540. The second-order valence-electron chi connectivity index (χ2n) is 8.80. The van der Waals surface area contributed by atoms with Gasteiger partial charge in [0.05, 0.1) is 6.54 Å². The third-order valence-electron chi connectivity index (χ3n) is 6.41. The summed E-state index contributed by atoms with van der Waals surface area (Å²) < 4.78 is 10.9. The van der Waals surface area contributed by atoms with Crippen molar-refractivity contribution in [1.82, 2.24) is 9.80 Å². The number of amides is 2. The zero-order valence-electron chi connectivity index (χ0n) is 18.6. The summed E-state index contributed by atoms with van der Waals surface area (Å²) in [7, 11) is 0. The molecule has 2 amide bonds. The molecule has 8 nitrogen and oxygen atoms in total. The Kier molecular flexibility index (Phi) is 6.53. The van der Waals surface area contributed by atoms with Gasteiger partial charge in [-0.1, -0.05) is 30.3 Å². The molecule has 0 saturated carbocycles. The highest BCUT2D eigenvalue weighted by molar-refractivity contribution is 5.94. The second kappa shape index (κ2) is 9.52. The third-order valence-corrected chi connectivity index (χ3v) is 6.41. The van der Waals surface area contributed by atoms with Crippen molar-refractivity contribution in [2.75, 3.05) is 26.2 Å². The van der Waals surface area contributed by atoms with Crippen molar-refractivity contribution in [3.63, 3.8) is 0 Å². The monoisotopic (exact) mass is 452 g/mol. The van der Waals surface area contributed by atoms with Crippen molar-refractivity contribution < 1.29 is 29.0 Å². The molecule has 1 atom stereocenters. The Balaban J connectivity index is 1.31. The van der Waals surface area contributed by atoms with Crippen LogP contribution in [0.15, 0.2) is 54.6 Å². The molecule has 2 aromatic rings. The van der Waals surface area contributed by atoms with Gasteiger partial charge in [-0.05, 0) is 49.6 Å². The van der Waals surface area contributed by atoms with Gasteiger partial charge in [0, 0.05) is 31.1 Å². The van der Waals surface area contributed by atoms with Gasteiger partial charge in [-0.15, -0.1) is 0 Å². The number of rotatable bonds is 7. The lowest BCUT2D eigenvalue weighted by molar-refractivity contribution is -0.139. The molecule has 174 valence electrons. The molecule has 2 aliphatic rings. The maximum atomic E-state index is 12.9. The minimum Gasteiger partial charge on any atom is -0.482 e. The number of carboxylic acids is 1. The van der Waals surface area contributed by atoms with Crippen molar-refractivity contribution in [3.05, 3.63) is 65.7 Å². The highest BCUT2D eigenvalue weighted by Gasteiger charge is 2.47. The number of aliphatic carboxylic acids is 1. The lowest BCUT2D eigenvalue weighted by atomic mass is 9.81. The smallest absolute Gasteiger partial charge is 0.410 e. The normalized spacial score (nSPS) is 21.1. The van der Waals surface area contributed by atoms with Crippen LogP contribution in [0.4, 0.5) is 4.79 Å². The van der Waals surface area contributed by atoms with E-state index in [1.165, 1.54) is 0 Å². The topological polar surface area (TPSA) is 96.4 Å². The lowest BCUT2D eigenvalue weighted by Crippen LogP contribution is -2.47. The van der Waals surface area contributed by atoms with Crippen LogP contribution in [0, 0.1) is 5.92 Å². The summed E-state index contributed by atoms with van der Waals surface area (Å²) in [5.41, 5.74) is 1.03. The number of hydrogen-bond acceptors (Lipinski definition) is 5. The van der Waals surface area contributed by atoms with E-state index in [1.54, 1.807) is 29.2 Å². The maximum absolute atomic E-state index is 12.9. The predicted molar refractivity (Wildman–Crippen MR) is 120 cm³/mol. The van der Waals surface area contributed by atoms with E-state index in [-0.39, 0.29) is 17.9 Å². The van der Waals surface area contributed by atoms with Gasteiger partial charge >= 0.3 is 12.1 Å². The summed E-state index contributed by atoms with van der Waals surface area (Å²) in [6.45, 7) is 3.82. The molecule has 2 aliphatic heterocycles. The van der Waals surface area contributed by atoms with Crippen LogP contribution in [0.5, 0.6) is 5.75 Å². The first-order valence-electron chi connectivity index (χ1n) is 11.1. The van der Waals surface area contributed by atoms with E-state index in [9.17, 15) is 14.4 Å². The maximum Gasteiger partial charge on any atom is 0.410 e. The highest BCUT2D eigenvalue weighted by Crippen LogP contribution is 2.37. The number of ether oxygens (including phenoxy) is 2. The van der Waals surface area contributed by atoms with Crippen molar-refractivity contribution in [2.45, 2.75) is 31.9 Å². The molecule has 1 unspecified atom stereocenters. The minimum absolute atomic E-state index is 0.0718. The molecule has 0 spiro atoms. The van der Waals surface area contributed by atoms with E-state index in [0.717, 1.165) is 18.4 Å². The van der Waals surface area contributed by atoms with Crippen LogP contribution in [-0.2, 0) is 16.1 Å². The van der Waals surface area contributed by atoms with Crippen molar-refractivity contribution >= 4 is 18.0 Å². The van der Waals surface area contributed by atoms with Crippen LogP contribution in [0.25, 0.3) is 0 Å². The summed E-state index contributed by atoms with van der Waals surface area (Å²) in [6, 6.07) is 16.4. The first-order valence-corrected chi connectivity index (χ1v) is 11.1. The van der Waals surface area contributed by atoms with Gasteiger partial charge < -0.3 is 19.5 Å². The van der Waals surface area contributed by atoms with E-state index in [0.29, 0.717) is 37.5 Å². The molecule has 2 fully saturated rings. The number of cyclic esters (lactones) is 1. The quantitative estimate of drug-likeness (QED) is 0.692. The number of nitrogens with zero attached hydrogens (tertiary/aromatic N) is 2. The number of likely N-dealkylation sites (tertiary alicyclic amines) is 1. The zero-order valence-corrected chi connectivity index (χ0v) is 18.6. The number of benzene rings is 2. The molecular formula is C25H28N2O6. The van der Waals surface area contributed by atoms with Gasteiger partial charge in [0.2, 0.25) is 0 Å². The second-order valence-corrected chi connectivity index (χ2v) is 8.80. The third kappa shape index (κ3) is 5.27. The number of carboxylic acid groups (broad SMARTS) is 1. The van der Waals surface area contributed by atoms with Crippen molar-refractivity contribution in [1.29, 1.82) is 0 Å². The first kappa shape index (κ1) is 22.6. The van der Waals surface area contributed by atoms with E-state index >= 15 is 0 Å². The fourth-order valence-corrected chi connectivity index (χ4v) is 4.59. The fraction of sp³-hybridized carbons (Fsp3) is 0.400. The molecule has 0 aromatic heterocycles. The minimum atomic E-state index is -1.05. The van der Waals surface area contributed by atoms with Crippen LogP contribution < -0.4 is 4.74 Å². The SMILES string of the molecule is CC1(C2CCN(C(=O)c3ccc(OCC(=O)O)cc3)CC2)CN(Cc2ccccc2)C(=O)O1. The van der Waals surface area contributed by atoms with Gasteiger partial charge in [0.25, 0.3) is 5.91 Å². The van der Waals surface area contributed by atoms with Gasteiger partial charge in [0.1, 0.15) is 11.4 Å². The van der Waals surface area contributed by atoms with Crippen LogP contribution >= 0.6 is 0 Å². The molecule has 1 N–H and O–H groups in total. The molecule has 2 heterocycles. The van der Waals surface area contributed by atoms with Gasteiger partial charge in [-0.25, -0.2) is 9.59 Å². The molecule has 4 rings (SSSR count). The number of carbonyl (C=O) groups is 3. The average molecular weight is 453 g/mol. The predicted octanol–water partition coefficient (Wildman–Crippen LogP) is 3.41. The highest BCUT2D eigenvalue weighted by atomic mass is 16.6. The molecule has 0 aliphatic carbocycles. The molecule has 2 aromatic carbocycles. The lowest BCUT2D eigenvalue weighted by Gasteiger charge is -2.39. The molecule has 2 saturated heterocycles. The number of piperidine rings is 1. The molecule has 0 bridgehead atoms. The average Bonchev–Trinajstić information content (AvgIpc) is 3.12. The number of hydrogen-bond donors (Lipinski definition) is 1. The van der Waals surface area contributed by atoms with Crippen LogP contribution in [-0.4, -0.2) is 64.7 Å². The van der Waals surface area contributed by atoms with Crippen LogP contribution in [0.1, 0.15) is 35.7 Å². The Bertz CT molecular complexity index is 1000. The van der Waals surface area contributed by atoms with Crippen molar-refractivity contribution in [3.8, 4) is 5.75 Å². The molecule has 8 heteroatoms. The molecular weight excluding hydrogens is 424 g/mol. The zero-order chi connectivity index (χ0) is 23.4. The Hall–Kier alpha value is -3.55. The Morgan fingerprint density at radius 1 is 1.09 bits per heavy atom. The standard InChI is InChI=1S/C25H28N2O6/c1-25(17-27(24(31)33-25)15-18-5-3-2-4-6-18)20-11-13-26(14-12-20)23(30)19-7-9-21(10-8-19)32-16-22(28)29/h2-10,20H,11-17H2,1H3,(H,28,29). The van der Waals surface area contributed by atoms with E-state index in [2.05, 4.69) is 0 Å². The van der Waals surface area contributed by atoms with Crippen molar-refractivity contribution in [2.24, 2.45) is 5.92 Å². The van der Waals surface area contributed by atoms with Crippen LogP contribution in [0.3, 0.4) is 0 Å². The summed E-state index contributed by atoms with van der Waals surface area (Å²) >= 11 is 0. The summed E-state index contributed by atoms with van der Waals surface area (Å²) in [4.78, 5) is 39.6. The van der Waals surface area contributed by atoms with E-state index in [4.69, 9.17) is 14.6 Å². The Morgan fingerprint density at radius 2 is 1.76 bits per heavy atom. The number of carbonyl (C=O) groups excluding carboxylic acids is 2. The molecule has 0 radical (unpaired) electrons. The first-order chi connectivity index (χ1) is 15.8. The summed E-state index contributed by atoms with van der Waals surface area (Å²) in [6.07, 6.45) is 1.23. The molecule has 33 heavy (non-hydrogen) atoms. The fourth-order valence-electron chi connectivity index (χ4n) is 4.59. The van der Waals surface area contributed by atoms with Gasteiger partial charge in [-0.2, -0.15) is 0 Å². The Morgan fingerprint density at radius 3 is 2.39 bits per heavy atom. The van der Waals surface area contributed by atoms with Gasteiger partial charge in [0.15, 0.2) is 6.61 Å². The van der Waals surface area contributed by atoms with Crippen LogP contribution in [0.2, 0.25) is 0 Å². The summed E-state index contributed by atoms with van der Waals surface area (Å²) in [5, 5.41) is 8.69. The van der Waals surface area contributed by atoms with E-state index in [1.807, 2.05) is 42.2 Å². The van der Waals surface area contributed by atoms with E-state index < -0.39 is 18.2 Å². The van der Waals surface area contributed by atoms with Gasteiger partial charge in [-0.3, -0.25) is 9.69 Å². The Labute approximate surface area is 192 Å².